The highest BCUT2D eigenvalue weighted by atomic mass is 19.4. The van der Waals surface area contributed by atoms with E-state index in [-0.39, 0.29) is 18.4 Å². The molecule has 2 N–H and O–H groups in total. The Morgan fingerprint density at radius 3 is 2.37 bits per heavy atom. The van der Waals surface area contributed by atoms with Gasteiger partial charge in [-0.25, -0.2) is 0 Å². The van der Waals surface area contributed by atoms with Crippen LogP contribution in [0.4, 0.5) is 25.1 Å². The van der Waals surface area contributed by atoms with Gasteiger partial charge in [0.25, 0.3) is 0 Å². The molecule has 1 aromatic heterocycles. The number of hydrogen-bond donors (Lipinski definition) is 2. The summed E-state index contributed by atoms with van der Waals surface area (Å²) in [6, 6.07) is 0.136. The molecular formula is C10H16F3N5O. The Balaban J connectivity index is 2.40. The smallest absolute Gasteiger partial charge is 0.389 e. The van der Waals surface area contributed by atoms with Gasteiger partial charge >= 0.3 is 12.2 Å². The van der Waals surface area contributed by atoms with E-state index in [2.05, 4.69) is 25.6 Å². The lowest BCUT2D eigenvalue weighted by atomic mass is 10.2. The minimum atomic E-state index is -4.10. The Morgan fingerprint density at radius 1 is 1.11 bits per heavy atom. The van der Waals surface area contributed by atoms with Gasteiger partial charge in [-0.3, -0.25) is 0 Å². The van der Waals surface area contributed by atoms with E-state index in [1.54, 1.807) is 7.05 Å². The fourth-order valence-electron chi connectivity index (χ4n) is 1.29. The van der Waals surface area contributed by atoms with Crippen molar-refractivity contribution in [2.45, 2.75) is 25.4 Å². The van der Waals surface area contributed by atoms with E-state index in [0.29, 0.717) is 18.9 Å². The van der Waals surface area contributed by atoms with Crippen LogP contribution in [-0.4, -0.2) is 41.8 Å². The van der Waals surface area contributed by atoms with Crippen LogP contribution in [-0.2, 0) is 0 Å². The van der Waals surface area contributed by atoms with Crippen LogP contribution in [0.5, 0.6) is 6.01 Å². The quantitative estimate of drug-likeness (QED) is 0.744. The van der Waals surface area contributed by atoms with Crippen molar-refractivity contribution in [2.75, 3.05) is 31.3 Å². The van der Waals surface area contributed by atoms with Gasteiger partial charge in [0.2, 0.25) is 11.9 Å². The first-order valence-corrected chi connectivity index (χ1v) is 5.73. The number of nitrogens with zero attached hydrogens (tertiary/aromatic N) is 3. The molecular weight excluding hydrogens is 263 g/mol. The summed E-state index contributed by atoms with van der Waals surface area (Å²) >= 11 is 0. The first-order chi connectivity index (χ1) is 8.94. The number of alkyl halides is 3. The Hall–Kier alpha value is -1.80. The van der Waals surface area contributed by atoms with Gasteiger partial charge in [-0.05, 0) is 12.8 Å². The lowest BCUT2D eigenvalue weighted by Crippen LogP contribution is -2.11. The maximum atomic E-state index is 11.9. The van der Waals surface area contributed by atoms with Crippen molar-refractivity contribution in [1.29, 1.82) is 0 Å². The van der Waals surface area contributed by atoms with E-state index in [1.807, 2.05) is 0 Å². The standard InChI is InChI=1S/C10H16F3N5O/c1-14-7-16-8(18-9(17-7)19-2)15-6-4-3-5-10(11,12)13/h3-6H2,1-2H3,(H2,14,15,16,17,18). The molecule has 0 spiro atoms. The highest BCUT2D eigenvalue weighted by molar-refractivity contribution is 5.35. The largest absolute Gasteiger partial charge is 0.467 e. The van der Waals surface area contributed by atoms with Gasteiger partial charge < -0.3 is 15.4 Å². The summed E-state index contributed by atoms with van der Waals surface area (Å²) in [6.07, 6.45) is -4.44. The van der Waals surface area contributed by atoms with Crippen molar-refractivity contribution >= 4 is 11.9 Å². The van der Waals surface area contributed by atoms with Crippen LogP contribution in [0.2, 0.25) is 0 Å². The number of rotatable bonds is 7. The van der Waals surface area contributed by atoms with Crippen LogP contribution < -0.4 is 15.4 Å². The molecule has 0 unspecified atom stereocenters. The molecule has 0 aliphatic carbocycles. The molecule has 0 aliphatic rings. The fourth-order valence-corrected chi connectivity index (χ4v) is 1.29. The monoisotopic (exact) mass is 279 g/mol. The zero-order chi connectivity index (χ0) is 14.3. The minimum absolute atomic E-state index is 0.0671. The fraction of sp³-hybridized carbons (Fsp3) is 0.700. The summed E-state index contributed by atoms with van der Waals surface area (Å²) in [5.41, 5.74) is 0. The molecule has 0 saturated carbocycles. The van der Waals surface area contributed by atoms with Crippen LogP contribution in [0.25, 0.3) is 0 Å². The Bertz CT molecular complexity index is 377. The molecule has 1 aromatic rings. The predicted molar refractivity (Wildman–Crippen MR) is 64.3 cm³/mol. The molecule has 0 aromatic carbocycles. The summed E-state index contributed by atoms with van der Waals surface area (Å²) in [7, 11) is 3.06. The molecule has 0 amide bonds. The third-order valence-corrected chi connectivity index (χ3v) is 2.19. The topological polar surface area (TPSA) is 72.0 Å². The highest BCUT2D eigenvalue weighted by Gasteiger charge is 2.25. The maximum absolute atomic E-state index is 11.9. The lowest BCUT2D eigenvalue weighted by molar-refractivity contribution is -0.135. The van der Waals surface area contributed by atoms with Crippen LogP contribution in [0.1, 0.15) is 19.3 Å². The van der Waals surface area contributed by atoms with Crippen LogP contribution in [0.3, 0.4) is 0 Å². The van der Waals surface area contributed by atoms with Crippen molar-refractivity contribution in [1.82, 2.24) is 15.0 Å². The maximum Gasteiger partial charge on any atom is 0.389 e. The predicted octanol–water partition coefficient (Wildman–Crippen LogP) is 2.07. The van der Waals surface area contributed by atoms with Gasteiger partial charge in [0.05, 0.1) is 7.11 Å². The molecule has 0 fully saturated rings. The van der Waals surface area contributed by atoms with Gasteiger partial charge in [0.15, 0.2) is 0 Å². The van der Waals surface area contributed by atoms with Crippen molar-refractivity contribution < 1.29 is 17.9 Å². The van der Waals surface area contributed by atoms with E-state index in [4.69, 9.17) is 4.74 Å². The van der Waals surface area contributed by atoms with E-state index in [9.17, 15) is 13.2 Å². The molecule has 0 radical (unpaired) electrons. The summed E-state index contributed by atoms with van der Waals surface area (Å²) in [6.45, 7) is 0.354. The molecule has 1 rings (SSSR count). The minimum Gasteiger partial charge on any atom is -0.467 e. The van der Waals surface area contributed by atoms with E-state index in [1.165, 1.54) is 7.11 Å². The molecule has 0 saturated heterocycles. The van der Waals surface area contributed by atoms with Gasteiger partial charge in [-0.1, -0.05) is 0 Å². The number of nitrogens with one attached hydrogen (secondary N) is 2. The van der Waals surface area contributed by atoms with Crippen molar-refractivity contribution in [3.8, 4) is 6.01 Å². The molecule has 0 bridgehead atoms. The number of ether oxygens (including phenoxy) is 1. The van der Waals surface area contributed by atoms with E-state index >= 15 is 0 Å². The number of hydrogen-bond acceptors (Lipinski definition) is 6. The summed E-state index contributed by atoms with van der Waals surface area (Å²) in [5.74, 6) is 0.591. The summed E-state index contributed by atoms with van der Waals surface area (Å²) in [4.78, 5) is 11.8. The third kappa shape index (κ3) is 6.07. The SMILES string of the molecule is CNc1nc(NCCCCC(F)(F)F)nc(OC)n1. The molecule has 1 heterocycles. The molecule has 6 nitrogen and oxygen atoms in total. The first-order valence-electron chi connectivity index (χ1n) is 5.73. The molecule has 0 atom stereocenters. The Morgan fingerprint density at radius 2 is 1.79 bits per heavy atom. The number of methoxy groups -OCH3 is 1. The van der Waals surface area contributed by atoms with Gasteiger partial charge in [-0.2, -0.15) is 28.1 Å². The summed E-state index contributed by atoms with van der Waals surface area (Å²) in [5, 5.41) is 5.56. The van der Waals surface area contributed by atoms with Gasteiger partial charge in [-0.15, -0.1) is 0 Å². The second-order valence-electron chi connectivity index (χ2n) is 3.72. The van der Waals surface area contributed by atoms with Crippen molar-refractivity contribution in [2.24, 2.45) is 0 Å². The van der Waals surface area contributed by atoms with Gasteiger partial charge in [0.1, 0.15) is 0 Å². The first kappa shape index (κ1) is 15.3. The summed E-state index contributed by atoms with van der Waals surface area (Å²) < 4.78 is 40.7. The van der Waals surface area contributed by atoms with E-state index in [0.717, 1.165) is 0 Å². The average Bonchev–Trinajstić information content (AvgIpc) is 2.36. The average molecular weight is 279 g/mol. The van der Waals surface area contributed by atoms with E-state index < -0.39 is 12.6 Å². The Labute approximate surface area is 108 Å². The number of halogens is 3. The number of unbranched alkanes of at least 4 members (excludes halogenated alkanes) is 1. The third-order valence-electron chi connectivity index (χ3n) is 2.19. The lowest BCUT2D eigenvalue weighted by Gasteiger charge is -2.08. The van der Waals surface area contributed by atoms with Crippen molar-refractivity contribution in [3.05, 3.63) is 0 Å². The number of anilines is 2. The van der Waals surface area contributed by atoms with Gasteiger partial charge in [0, 0.05) is 20.0 Å². The van der Waals surface area contributed by atoms with Crippen LogP contribution in [0.15, 0.2) is 0 Å². The van der Waals surface area contributed by atoms with Crippen molar-refractivity contribution in [3.63, 3.8) is 0 Å². The number of aromatic nitrogens is 3. The molecule has 108 valence electrons. The van der Waals surface area contributed by atoms with Crippen LogP contribution in [0, 0.1) is 0 Å². The zero-order valence-electron chi connectivity index (χ0n) is 10.7. The second-order valence-corrected chi connectivity index (χ2v) is 3.72. The highest BCUT2D eigenvalue weighted by Crippen LogP contribution is 2.22. The second kappa shape index (κ2) is 6.95. The molecule has 0 aliphatic heterocycles. The Kier molecular flexibility index (Phi) is 5.58. The zero-order valence-corrected chi connectivity index (χ0v) is 10.7. The van der Waals surface area contributed by atoms with Crippen LogP contribution >= 0.6 is 0 Å². The molecule has 9 heteroatoms. The molecule has 19 heavy (non-hydrogen) atoms. The normalized spacial score (nSPS) is 11.2.